The molecule has 2 N–H and O–H groups in total. The maximum atomic E-state index is 11.1. The Morgan fingerprint density at radius 1 is 1.31 bits per heavy atom. The number of carbonyl (C=O) groups is 1. The molecule has 1 rings (SSSR count). The molecule has 0 aliphatic rings. The zero-order valence-electron chi connectivity index (χ0n) is 10.2. The molecule has 0 spiro atoms. The minimum absolute atomic E-state index is 0.251. The third kappa shape index (κ3) is 2.99. The van der Waals surface area contributed by atoms with Crippen LogP contribution in [-0.4, -0.2) is 17.1 Å². The zero-order chi connectivity index (χ0) is 12.3. The van der Waals surface area contributed by atoms with Crippen LogP contribution in [0.1, 0.15) is 36.7 Å². The number of anilines is 1. The number of benzene rings is 1. The lowest BCUT2D eigenvalue weighted by atomic mass is 10.0. The van der Waals surface area contributed by atoms with Gasteiger partial charge in [0.15, 0.2) is 0 Å². The van der Waals surface area contributed by atoms with E-state index < -0.39 is 5.97 Å². The van der Waals surface area contributed by atoms with E-state index in [2.05, 4.69) is 26.1 Å². The van der Waals surface area contributed by atoms with Crippen molar-refractivity contribution in [2.24, 2.45) is 5.92 Å². The van der Waals surface area contributed by atoms with E-state index in [1.807, 2.05) is 19.1 Å². The van der Waals surface area contributed by atoms with E-state index in [1.54, 1.807) is 6.07 Å². The fourth-order valence-electron chi connectivity index (χ4n) is 1.37. The standard InChI is InChI=1S/C13H19NO2/c1-8(2)10(4)14-12-6-5-9(3)7-11(12)13(15)16/h5-8,10,14H,1-4H3,(H,15,16). The predicted molar refractivity (Wildman–Crippen MR) is 66.1 cm³/mol. The molecule has 1 aromatic carbocycles. The van der Waals surface area contributed by atoms with Crippen LogP contribution in [0.2, 0.25) is 0 Å². The van der Waals surface area contributed by atoms with Gasteiger partial charge in [0.2, 0.25) is 0 Å². The molecule has 0 aliphatic carbocycles. The van der Waals surface area contributed by atoms with Gasteiger partial charge in [-0.15, -0.1) is 0 Å². The van der Waals surface area contributed by atoms with E-state index in [0.717, 1.165) is 5.56 Å². The van der Waals surface area contributed by atoms with E-state index in [4.69, 9.17) is 5.11 Å². The third-order valence-corrected chi connectivity index (χ3v) is 2.79. The molecule has 1 unspecified atom stereocenters. The van der Waals surface area contributed by atoms with Crippen molar-refractivity contribution in [1.29, 1.82) is 0 Å². The zero-order valence-corrected chi connectivity index (χ0v) is 10.2. The molecule has 0 radical (unpaired) electrons. The highest BCUT2D eigenvalue weighted by Gasteiger charge is 2.13. The maximum Gasteiger partial charge on any atom is 0.337 e. The number of carboxylic acid groups (broad SMARTS) is 1. The first kappa shape index (κ1) is 12.6. The lowest BCUT2D eigenvalue weighted by Gasteiger charge is -2.20. The topological polar surface area (TPSA) is 49.3 Å². The predicted octanol–water partition coefficient (Wildman–Crippen LogP) is 3.15. The minimum Gasteiger partial charge on any atom is -0.478 e. The van der Waals surface area contributed by atoms with Gasteiger partial charge in [0.25, 0.3) is 0 Å². The second-order valence-electron chi connectivity index (χ2n) is 4.53. The Morgan fingerprint density at radius 3 is 2.44 bits per heavy atom. The van der Waals surface area contributed by atoms with Gasteiger partial charge in [-0.2, -0.15) is 0 Å². The summed E-state index contributed by atoms with van der Waals surface area (Å²) in [5, 5.41) is 12.3. The van der Waals surface area contributed by atoms with Gasteiger partial charge >= 0.3 is 5.97 Å². The van der Waals surface area contributed by atoms with Crippen LogP contribution in [0.5, 0.6) is 0 Å². The van der Waals surface area contributed by atoms with Crippen LogP contribution < -0.4 is 5.32 Å². The van der Waals surface area contributed by atoms with Crippen molar-refractivity contribution >= 4 is 11.7 Å². The van der Waals surface area contributed by atoms with Gasteiger partial charge in [-0.05, 0) is 31.9 Å². The van der Waals surface area contributed by atoms with Gasteiger partial charge in [-0.3, -0.25) is 0 Å². The summed E-state index contributed by atoms with van der Waals surface area (Å²) in [5.74, 6) is -0.426. The van der Waals surface area contributed by atoms with Crippen molar-refractivity contribution in [3.63, 3.8) is 0 Å². The highest BCUT2D eigenvalue weighted by atomic mass is 16.4. The summed E-state index contributed by atoms with van der Waals surface area (Å²) in [6.07, 6.45) is 0. The summed E-state index contributed by atoms with van der Waals surface area (Å²) >= 11 is 0. The van der Waals surface area contributed by atoms with E-state index in [1.165, 1.54) is 0 Å². The Kier molecular flexibility index (Phi) is 3.93. The van der Waals surface area contributed by atoms with Crippen LogP contribution in [-0.2, 0) is 0 Å². The molecule has 3 nitrogen and oxygen atoms in total. The molecule has 0 saturated carbocycles. The normalized spacial score (nSPS) is 12.6. The van der Waals surface area contributed by atoms with Crippen molar-refractivity contribution < 1.29 is 9.90 Å². The second kappa shape index (κ2) is 5.01. The van der Waals surface area contributed by atoms with Crippen molar-refractivity contribution in [3.8, 4) is 0 Å². The molecule has 3 heteroatoms. The molecule has 1 atom stereocenters. The molecule has 0 fully saturated rings. The van der Waals surface area contributed by atoms with Crippen molar-refractivity contribution in [1.82, 2.24) is 0 Å². The molecule has 1 aromatic rings. The summed E-state index contributed by atoms with van der Waals surface area (Å²) in [6, 6.07) is 5.69. The molecule has 0 amide bonds. The van der Waals surface area contributed by atoms with Gasteiger partial charge in [0.1, 0.15) is 0 Å². The number of aryl methyl sites for hydroxylation is 1. The molecule has 88 valence electrons. The Bertz CT molecular complexity index is 386. The highest BCUT2D eigenvalue weighted by Crippen LogP contribution is 2.20. The molecular weight excluding hydrogens is 202 g/mol. The SMILES string of the molecule is Cc1ccc(NC(C)C(C)C)c(C(=O)O)c1. The van der Waals surface area contributed by atoms with Crippen molar-refractivity contribution in [2.75, 3.05) is 5.32 Å². The maximum absolute atomic E-state index is 11.1. The third-order valence-electron chi connectivity index (χ3n) is 2.79. The number of carboxylic acids is 1. The average Bonchev–Trinajstić information content (AvgIpc) is 2.20. The van der Waals surface area contributed by atoms with Gasteiger partial charge in [0, 0.05) is 11.7 Å². The number of hydrogen-bond donors (Lipinski definition) is 2. The van der Waals surface area contributed by atoms with Crippen LogP contribution in [0, 0.1) is 12.8 Å². The van der Waals surface area contributed by atoms with Gasteiger partial charge in [-0.1, -0.05) is 25.5 Å². The van der Waals surface area contributed by atoms with Gasteiger partial charge in [-0.25, -0.2) is 4.79 Å². The summed E-state index contributed by atoms with van der Waals surface area (Å²) in [4.78, 5) is 11.1. The Labute approximate surface area is 96.5 Å². The highest BCUT2D eigenvalue weighted by molar-refractivity contribution is 5.94. The van der Waals surface area contributed by atoms with Crippen LogP contribution in [0.15, 0.2) is 18.2 Å². The van der Waals surface area contributed by atoms with Gasteiger partial charge < -0.3 is 10.4 Å². The average molecular weight is 221 g/mol. The summed E-state index contributed by atoms with van der Waals surface area (Å²) in [5.41, 5.74) is 1.99. The summed E-state index contributed by atoms with van der Waals surface area (Å²) in [6.45, 7) is 8.15. The minimum atomic E-state index is -0.887. The Balaban J connectivity index is 2.99. The van der Waals surface area contributed by atoms with Crippen LogP contribution >= 0.6 is 0 Å². The summed E-state index contributed by atoms with van der Waals surface area (Å²) < 4.78 is 0. The fourth-order valence-corrected chi connectivity index (χ4v) is 1.37. The van der Waals surface area contributed by atoms with E-state index >= 15 is 0 Å². The fraction of sp³-hybridized carbons (Fsp3) is 0.462. The number of rotatable bonds is 4. The quantitative estimate of drug-likeness (QED) is 0.821. The Morgan fingerprint density at radius 2 is 1.94 bits per heavy atom. The molecular formula is C13H19NO2. The van der Waals surface area contributed by atoms with Crippen LogP contribution in [0.4, 0.5) is 5.69 Å². The van der Waals surface area contributed by atoms with Crippen molar-refractivity contribution in [2.45, 2.75) is 33.7 Å². The van der Waals surface area contributed by atoms with E-state index in [0.29, 0.717) is 17.2 Å². The smallest absolute Gasteiger partial charge is 0.337 e. The molecule has 0 saturated heterocycles. The van der Waals surface area contributed by atoms with Crippen LogP contribution in [0.25, 0.3) is 0 Å². The Hall–Kier alpha value is -1.51. The molecule has 16 heavy (non-hydrogen) atoms. The largest absolute Gasteiger partial charge is 0.478 e. The first-order valence-corrected chi connectivity index (χ1v) is 5.52. The van der Waals surface area contributed by atoms with Gasteiger partial charge in [0.05, 0.1) is 5.56 Å². The molecule has 0 aliphatic heterocycles. The lowest BCUT2D eigenvalue weighted by molar-refractivity contribution is 0.0697. The van der Waals surface area contributed by atoms with E-state index in [9.17, 15) is 4.79 Å². The second-order valence-corrected chi connectivity index (χ2v) is 4.53. The number of aromatic carboxylic acids is 1. The lowest BCUT2D eigenvalue weighted by Crippen LogP contribution is -2.22. The number of hydrogen-bond acceptors (Lipinski definition) is 2. The van der Waals surface area contributed by atoms with Crippen molar-refractivity contribution in [3.05, 3.63) is 29.3 Å². The first-order chi connectivity index (χ1) is 7.41. The molecule has 0 heterocycles. The molecule has 0 bridgehead atoms. The first-order valence-electron chi connectivity index (χ1n) is 5.52. The monoisotopic (exact) mass is 221 g/mol. The molecule has 0 aromatic heterocycles. The van der Waals surface area contributed by atoms with E-state index in [-0.39, 0.29) is 6.04 Å². The summed E-state index contributed by atoms with van der Waals surface area (Å²) in [7, 11) is 0. The van der Waals surface area contributed by atoms with Crippen LogP contribution in [0.3, 0.4) is 0 Å². The number of nitrogens with one attached hydrogen (secondary N) is 1.